The van der Waals surface area contributed by atoms with Crippen molar-refractivity contribution in [2.75, 3.05) is 25.0 Å². The molecule has 1 aliphatic heterocycles. The van der Waals surface area contributed by atoms with Crippen LogP contribution in [0.3, 0.4) is 0 Å². The molecule has 158 valence electrons. The normalized spacial score (nSPS) is 14.5. The molecule has 1 amide bonds. The molecule has 1 N–H and O–H groups in total. The van der Waals surface area contributed by atoms with Gasteiger partial charge in [0.15, 0.2) is 0 Å². The van der Waals surface area contributed by atoms with Gasteiger partial charge in [0.2, 0.25) is 11.9 Å². The molecule has 0 radical (unpaired) electrons. The molecular formula is C22H21ClN6OS. The lowest BCUT2D eigenvalue weighted by Gasteiger charge is -2.15. The van der Waals surface area contributed by atoms with Crippen LogP contribution in [-0.2, 0) is 4.79 Å². The monoisotopic (exact) mass is 452 g/mol. The number of carbonyl (C=O) groups is 1. The van der Waals surface area contributed by atoms with Gasteiger partial charge in [-0.05, 0) is 25.0 Å². The zero-order valence-electron chi connectivity index (χ0n) is 16.8. The van der Waals surface area contributed by atoms with Crippen LogP contribution in [0.25, 0.3) is 11.3 Å². The Morgan fingerprint density at radius 2 is 2.16 bits per heavy atom. The number of nitrogens with zero attached hydrogens (tertiary/aromatic N) is 5. The van der Waals surface area contributed by atoms with E-state index in [2.05, 4.69) is 26.3 Å². The summed E-state index contributed by atoms with van der Waals surface area (Å²) in [4.78, 5) is 27.0. The predicted molar refractivity (Wildman–Crippen MR) is 121 cm³/mol. The Balaban J connectivity index is 1.42. The Bertz CT molecular complexity index is 1110. The summed E-state index contributed by atoms with van der Waals surface area (Å²) < 4.78 is 0. The molecular weight excluding hydrogens is 432 g/mol. The molecule has 0 bridgehead atoms. The molecule has 31 heavy (non-hydrogen) atoms. The second-order valence-electron chi connectivity index (χ2n) is 7.18. The third kappa shape index (κ3) is 5.01. The molecule has 9 heteroatoms. The number of likely N-dealkylation sites (tertiary alicyclic amines) is 1. The van der Waals surface area contributed by atoms with Gasteiger partial charge >= 0.3 is 0 Å². The Morgan fingerprint density at radius 3 is 2.94 bits per heavy atom. The number of nitriles is 1. The smallest absolute Gasteiger partial charge is 0.222 e. The van der Waals surface area contributed by atoms with Gasteiger partial charge < -0.3 is 10.2 Å². The summed E-state index contributed by atoms with van der Waals surface area (Å²) in [6.45, 7) is 2.23. The Morgan fingerprint density at radius 1 is 1.29 bits per heavy atom. The first-order valence-corrected chi connectivity index (χ1v) is 11.4. The Kier molecular flexibility index (Phi) is 6.75. The van der Waals surface area contributed by atoms with Crippen LogP contribution in [0.15, 0.2) is 41.9 Å². The van der Waals surface area contributed by atoms with Crippen molar-refractivity contribution >= 4 is 34.8 Å². The summed E-state index contributed by atoms with van der Waals surface area (Å²) in [5, 5.41) is 16.2. The average Bonchev–Trinajstić information content (AvgIpc) is 3.42. The molecule has 1 aromatic carbocycles. The number of halogens is 1. The highest BCUT2D eigenvalue weighted by molar-refractivity contribution is 7.10. The predicted octanol–water partition coefficient (Wildman–Crippen LogP) is 4.33. The molecule has 0 aliphatic carbocycles. The van der Waals surface area contributed by atoms with Crippen molar-refractivity contribution in [1.29, 1.82) is 5.26 Å². The van der Waals surface area contributed by atoms with Crippen LogP contribution in [0.2, 0.25) is 5.02 Å². The maximum atomic E-state index is 11.7. The molecule has 0 saturated carbocycles. The van der Waals surface area contributed by atoms with Crippen molar-refractivity contribution < 1.29 is 4.79 Å². The highest BCUT2D eigenvalue weighted by Crippen LogP contribution is 2.32. The van der Waals surface area contributed by atoms with E-state index in [4.69, 9.17) is 11.6 Å². The molecule has 1 unspecified atom stereocenters. The average molecular weight is 453 g/mol. The SMILES string of the molecule is N#CC(c1ccnc(NCCCN2CCCC2=O)n1)c1nc(-c2ccccc2Cl)cs1. The lowest BCUT2D eigenvalue weighted by atomic mass is 10.1. The second-order valence-corrected chi connectivity index (χ2v) is 8.48. The Labute approximate surface area is 189 Å². The number of amides is 1. The van der Waals surface area contributed by atoms with Crippen LogP contribution in [0.1, 0.15) is 35.9 Å². The minimum atomic E-state index is -0.591. The van der Waals surface area contributed by atoms with Crippen molar-refractivity contribution in [2.24, 2.45) is 0 Å². The molecule has 3 heterocycles. The van der Waals surface area contributed by atoms with Crippen molar-refractivity contribution in [3.8, 4) is 17.3 Å². The van der Waals surface area contributed by atoms with E-state index in [9.17, 15) is 10.1 Å². The lowest BCUT2D eigenvalue weighted by molar-refractivity contribution is -0.127. The van der Waals surface area contributed by atoms with E-state index in [1.165, 1.54) is 11.3 Å². The maximum absolute atomic E-state index is 11.7. The summed E-state index contributed by atoms with van der Waals surface area (Å²) in [7, 11) is 0. The minimum Gasteiger partial charge on any atom is -0.354 e. The van der Waals surface area contributed by atoms with Gasteiger partial charge in [0.05, 0.1) is 17.5 Å². The van der Waals surface area contributed by atoms with Crippen LogP contribution in [0.5, 0.6) is 0 Å². The molecule has 4 rings (SSSR count). The summed E-state index contributed by atoms with van der Waals surface area (Å²) in [6.07, 6.45) is 4.06. The fourth-order valence-corrected chi connectivity index (χ4v) is 4.60. The van der Waals surface area contributed by atoms with Crippen LogP contribution in [-0.4, -0.2) is 45.4 Å². The topological polar surface area (TPSA) is 94.8 Å². The van der Waals surface area contributed by atoms with Gasteiger partial charge in [-0.1, -0.05) is 29.8 Å². The van der Waals surface area contributed by atoms with E-state index in [0.717, 1.165) is 37.2 Å². The molecule has 1 saturated heterocycles. The molecule has 1 atom stereocenters. The van der Waals surface area contributed by atoms with Crippen molar-refractivity contribution in [3.05, 3.63) is 57.6 Å². The van der Waals surface area contributed by atoms with Crippen molar-refractivity contribution in [2.45, 2.75) is 25.2 Å². The summed E-state index contributed by atoms with van der Waals surface area (Å²) >= 11 is 7.69. The first kappa shape index (κ1) is 21.2. The van der Waals surface area contributed by atoms with Gasteiger partial charge in [-0.2, -0.15) is 5.26 Å². The summed E-state index contributed by atoms with van der Waals surface area (Å²) in [6, 6.07) is 11.5. The number of rotatable bonds is 8. The van der Waals surface area contributed by atoms with Gasteiger partial charge in [0, 0.05) is 48.2 Å². The molecule has 7 nitrogen and oxygen atoms in total. The first-order valence-electron chi connectivity index (χ1n) is 10.1. The van der Waals surface area contributed by atoms with Gasteiger partial charge in [-0.15, -0.1) is 11.3 Å². The molecule has 0 spiro atoms. The minimum absolute atomic E-state index is 0.231. The number of hydrogen-bond acceptors (Lipinski definition) is 7. The maximum Gasteiger partial charge on any atom is 0.222 e. The highest BCUT2D eigenvalue weighted by Gasteiger charge is 2.21. The number of anilines is 1. The highest BCUT2D eigenvalue weighted by atomic mass is 35.5. The number of hydrogen-bond donors (Lipinski definition) is 1. The van der Waals surface area contributed by atoms with E-state index in [0.29, 0.717) is 34.6 Å². The first-order chi connectivity index (χ1) is 15.2. The van der Waals surface area contributed by atoms with Gasteiger partial charge in [-0.3, -0.25) is 4.79 Å². The number of thiazole rings is 1. The van der Waals surface area contributed by atoms with Gasteiger partial charge in [0.1, 0.15) is 10.9 Å². The van der Waals surface area contributed by atoms with Crippen LogP contribution >= 0.6 is 22.9 Å². The number of benzene rings is 1. The van der Waals surface area contributed by atoms with Gasteiger partial charge in [-0.25, -0.2) is 15.0 Å². The quantitative estimate of drug-likeness (QED) is 0.511. The molecule has 1 fully saturated rings. The third-order valence-electron chi connectivity index (χ3n) is 5.08. The standard InChI is InChI=1S/C22H21ClN6OS/c23-17-6-2-1-5-15(17)19-14-31-21(27-19)16(13-24)18-8-10-26-22(28-18)25-9-4-12-29-11-3-7-20(29)30/h1-2,5-6,8,10,14,16H,3-4,7,9,11-12H2,(H,25,26,28). The fraction of sp³-hybridized carbons (Fsp3) is 0.318. The van der Waals surface area contributed by atoms with Crippen LogP contribution in [0, 0.1) is 11.3 Å². The van der Waals surface area contributed by atoms with Crippen LogP contribution < -0.4 is 5.32 Å². The number of aromatic nitrogens is 3. The second kappa shape index (κ2) is 9.86. The number of carbonyl (C=O) groups excluding carboxylic acids is 1. The summed E-state index contributed by atoms with van der Waals surface area (Å²) in [5.74, 6) is 0.107. The summed E-state index contributed by atoms with van der Waals surface area (Å²) in [5.41, 5.74) is 2.18. The zero-order chi connectivity index (χ0) is 21.6. The van der Waals surface area contributed by atoms with E-state index in [-0.39, 0.29) is 5.91 Å². The van der Waals surface area contributed by atoms with Gasteiger partial charge in [0.25, 0.3) is 0 Å². The van der Waals surface area contributed by atoms with Crippen molar-refractivity contribution in [1.82, 2.24) is 19.9 Å². The lowest BCUT2D eigenvalue weighted by Crippen LogP contribution is -2.27. The van der Waals surface area contributed by atoms with Crippen molar-refractivity contribution in [3.63, 3.8) is 0 Å². The third-order valence-corrected chi connectivity index (χ3v) is 6.32. The van der Waals surface area contributed by atoms with E-state index in [1.807, 2.05) is 34.5 Å². The number of nitrogens with one attached hydrogen (secondary N) is 1. The largest absolute Gasteiger partial charge is 0.354 e. The zero-order valence-corrected chi connectivity index (χ0v) is 18.4. The fourth-order valence-electron chi connectivity index (χ4n) is 3.49. The van der Waals surface area contributed by atoms with E-state index < -0.39 is 5.92 Å². The van der Waals surface area contributed by atoms with Crippen LogP contribution in [0.4, 0.5) is 5.95 Å². The Hall–Kier alpha value is -3.02. The molecule has 3 aromatic rings. The van der Waals surface area contributed by atoms with E-state index in [1.54, 1.807) is 12.3 Å². The van der Waals surface area contributed by atoms with E-state index >= 15 is 0 Å². The molecule has 1 aliphatic rings. The molecule has 2 aromatic heterocycles.